The summed E-state index contributed by atoms with van der Waals surface area (Å²) < 4.78 is 0. The number of rotatable bonds is 4. The molecule has 142 valence electrons. The average molecular weight is 390 g/mol. The highest BCUT2D eigenvalue weighted by Gasteiger charge is 2.21. The van der Waals surface area contributed by atoms with E-state index in [1.54, 1.807) is 12.4 Å². The van der Waals surface area contributed by atoms with Crippen LogP contribution in [0.25, 0.3) is 11.1 Å². The van der Waals surface area contributed by atoms with Crippen LogP contribution in [0.1, 0.15) is 12.8 Å². The summed E-state index contributed by atoms with van der Waals surface area (Å²) >= 11 is 5.44. The van der Waals surface area contributed by atoms with Crippen LogP contribution < -0.4 is 15.5 Å². The van der Waals surface area contributed by atoms with Gasteiger partial charge in [0.1, 0.15) is 5.82 Å². The van der Waals surface area contributed by atoms with Crippen molar-refractivity contribution in [1.82, 2.24) is 15.3 Å². The van der Waals surface area contributed by atoms with Crippen molar-refractivity contribution in [3.8, 4) is 11.1 Å². The van der Waals surface area contributed by atoms with Crippen LogP contribution in [0.4, 0.5) is 11.5 Å². The second-order valence-electron chi connectivity index (χ2n) is 6.87. The third-order valence-electron chi connectivity index (χ3n) is 4.93. The Morgan fingerprint density at radius 1 is 0.964 bits per heavy atom. The van der Waals surface area contributed by atoms with E-state index in [0.29, 0.717) is 11.2 Å². The highest BCUT2D eigenvalue weighted by molar-refractivity contribution is 7.80. The molecule has 1 aromatic carbocycles. The van der Waals surface area contributed by atoms with Gasteiger partial charge in [0.05, 0.1) is 11.9 Å². The predicted molar refractivity (Wildman–Crippen MR) is 119 cm³/mol. The van der Waals surface area contributed by atoms with E-state index in [2.05, 4.69) is 61.9 Å². The zero-order valence-electron chi connectivity index (χ0n) is 15.6. The molecular weight excluding hydrogens is 366 g/mol. The van der Waals surface area contributed by atoms with Crippen LogP contribution >= 0.6 is 12.2 Å². The Balaban J connectivity index is 1.32. The fourth-order valence-corrected chi connectivity index (χ4v) is 3.73. The smallest absolute Gasteiger partial charge is 0.171 e. The van der Waals surface area contributed by atoms with Crippen molar-refractivity contribution in [3.05, 3.63) is 73.2 Å². The molecule has 0 unspecified atom stereocenters. The molecule has 1 saturated heterocycles. The van der Waals surface area contributed by atoms with Gasteiger partial charge in [-0.1, -0.05) is 30.3 Å². The van der Waals surface area contributed by atoms with Gasteiger partial charge in [0.2, 0.25) is 0 Å². The van der Waals surface area contributed by atoms with Crippen LogP contribution in [0.5, 0.6) is 0 Å². The quantitative estimate of drug-likeness (QED) is 0.655. The number of anilines is 2. The topological polar surface area (TPSA) is 53.1 Å². The number of hydrogen-bond acceptors (Lipinski definition) is 4. The molecule has 0 radical (unpaired) electrons. The summed E-state index contributed by atoms with van der Waals surface area (Å²) in [5.74, 6) is 1.04. The maximum Gasteiger partial charge on any atom is 0.171 e. The highest BCUT2D eigenvalue weighted by atomic mass is 32.1. The molecule has 2 N–H and O–H groups in total. The Bertz CT molecular complexity index is 908. The molecule has 6 heteroatoms. The van der Waals surface area contributed by atoms with Crippen molar-refractivity contribution in [1.29, 1.82) is 0 Å². The molecule has 5 nitrogen and oxygen atoms in total. The lowest BCUT2D eigenvalue weighted by molar-refractivity contribution is 0.466. The van der Waals surface area contributed by atoms with E-state index in [4.69, 9.17) is 12.2 Å². The van der Waals surface area contributed by atoms with Gasteiger partial charge in [-0.25, -0.2) is 4.98 Å². The maximum absolute atomic E-state index is 5.44. The summed E-state index contributed by atoms with van der Waals surface area (Å²) in [6, 6.07) is 18.9. The summed E-state index contributed by atoms with van der Waals surface area (Å²) in [7, 11) is 0. The fraction of sp³-hybridized carbons (Fsp3) is 0.227. The van der Waals surface area contributed by atoms with Crippen molar-refractivity contribution in [2.75, 3.05) is 23.3 Å². The lowest BCUT2D eigenvalue weighted by Gasteiger charge is -2.33. The normalized spacial score (nSPS) is 14.5. The van der Waals surface area contributed by atoms with Gasteiger partial charge < -0.3 is 15.5 Å². The number of hydrogen-bond donors (Lipinski definition) is 2. The largest absolute Gasteiger partial charge is 0.360 e. The molecule has 0 saturated carbocycles. The Labute approximate surface area is 170 Å². The standard InChI is InChI=1S/C22H23N5S/c28-22(26-20-7-4-11-23-16-20)25-19-9-13-27(14-10-19)21-15-18(8-12-24-21)17-5-2-1-3-6-17/h1-8,11-12,15-16,19H,9-10,13-14H2,(H2,25,26,28). The van der Waals surface area contributed by atoms with Crippen molar-refractivity contribution in [3.63, 3.8) is 0 Å². The van der Waals surface area contributed by atoms with Gasteiger partial charge in [0.15, 0.2) is 5.11 Å². The number of nitrogens with one attached hydrogen (secondary N) is 2. The van der Waals surface area contributed by atoms with Crippen LogP contribution in [0.15, 0.2) is 73.2 Å². The molecule has 0 aliphatic carbocycles. The van der Waals surface area contributed by atoms with Gasteiger partial charge >= 0.3 is 0 Å². The predicted octanol–water partition coefficient (Wildman–Crippen LogP) is 4.10. The van der Waals surface area contributed by atoms with Crippen LogP contribution in [-0.2, 0) is 0 Å². The van der Waals surface area contributed by atoms with Gasteiger partial charge in [0, 0.05) is 31.5 Å². The second-order valence-corrected chi connectivity index (χ2v) is 7.28. The summed E-state index contributed by atoms with van der Waals surface area (Å²) in [6.07, 6.45) is 7.45. The van der Waals surface area contributed by atoms with Crippen molar-refractivity contribution >= 4 is 28.8 Å². The van der Waals surface area contributed by atoms with Gasteiger partial charge in [-0.05, 0) is 60.5 Å². The highest BCUT2D eigenvalue weighted by Crippen LogP contribution is 2.24. The first kappa shape index (κ1) is 18.4. The zero-order valence-corrected chi connectivity index (χ0v) is 16.4. The molecule has 1 aliphatic heterocycles. The minimum atomic E-state index is 0.366. The molecule has 1 aliphatic rings. The van der Waals surface area contributed by atoms with E-state index < -0.39 is 0 Å². The molecule has 4 rings (SSSR count). The molecule has 1 fully saturated rings. The first-order valence-electron chi connectivity index (χ1n) is 9.52. The Kier molecular flexibility index (Phi) is 5.77. The van der Waals surface area contributed by atoms with E-state index >= 15 is 0 Å². The number of benzene rings is 1. The minimum absolute atomic E-state index is 0.366. The number of nitrogens with zero attached hydrogens (tertiary/aromatic N) is 3. The van der Waals surface area contributed by atoms with E-state index in [0.717, 1.165) is 37.4 Å². The van der Waals surface area contributed by atoms with Crippen LogP contribution in [0.2, 0.25) is 0 Å². The van der Waals surface area contributed by atoms with E-state index in [-0.39, 0.29) is 0 Å². The maximum atomic E-state index is 5.44. The fourth-order valence-electron chi connectivity index (χ4n) is 3.44. The Hall–Kier alpha value is -2.99. The average Bonchev–Trinajstić information content (AvgIpc) is 2.76. The summed E-state index contributed by atoms with van der Waals surface area (Å²) in [6.45, 7) is 1.91. The molecule has 0 atom stereocenters. The van der Waals surface area contributed by atoms with Crippen LogP contribution in [0.3, 0.4) is 0 Å². The van der Waals surface area contributed by atoms with E-state index in [1.165, 1.54) is 11.1 Å². The Morgan fingerprint density at radius 2 is 1.79 bits per heavy atom. The molecule has 3 heterocycles. The Morgan fingerprint density at radius 3 is 2.54 bits per heavy atom. The SMILES string of the molecule is S=C(Nc1cccnc1)NC1CCN(c2cc(-c3ccccc3)ccn2)CC1. The minimum Gasteiger partial charge on any atom is -0.360 e. The third kappa shape index (κ3) is 4.64. The van der Waals surface area contributed by atoms with Crippen molar-refractivity contribution in [2.45, 2.75) is 18.9 Å². The molecule has 0 bridgehead atoms. The van der Waals surface area contributed by atoms with Crippen molar-refractivity contribution < 1.29 is 0 Å². The summed E-state index contributed by atoms with van der Waals surface area (Å²) in [5.41, 5.74) is 3.32. The lowest BCUT2D eigenvalue weighted by Crippen LogP contribution is -2.46. The lowest BCUT2D eigenvalue weighted by atomic mass is 10.0. The zero-order chi connectivity index (χ0) is 19.2. The van der Waals surface area contributed by atoms with Gasteiger partial charge in [-0.2, -0.15) is 0 Å². The van der Waals surface area contributed by atoms with E-state index in [1.807, 2.05) is 24.4 Å². The van der Waals surface area contributed by atoms with Gasteiger partial charge in [-0.3, -0.25) is 4.98 Å². The number of pyridine rings is 2. The third-order valence-corrected chi connectivity index (χ3v) is 5.15. The molecule has 2 aromatic heterocycles. The molecule has 3 aromatic rings. The first-order valence-corrected chi connectivity index (χ1v) is 9.93. The van der Waals surface area contributed by atoms with Gasteiger partial charge in [-0.15, -0.1) is 0 Å². The molecule has 28 heavy (non-hydrogen) atoms. The van der Waals surface area contributed by atoms with E-state index in [9.17, 15) is 0 Å². The van der Waals surface area contributed by atoms with Crippen molar-refractivity contribution in [2.24, 2.45) is 0 Å². The monoisotopic (exact) mass is 389 g/mol. The molecular formula is C22H23N5S. The molecule has 0 amide bonds. The van der Waals surface area contributed by atoms with Crippen LogP contribution in [0, 0.1) is 0 Å². The van der Waals surface area contributed by atoms with Gasteiger partial charge in [0.25, 0.3) is 0 Å². The summed E-state index contributed by atoms with van der Waals surface area (Å²) in [4.78, 5) is 11.0. The number of piperidine rings is 1. The number of aromatic nitrogens is 2. The molecule has 0 spiro atoms. The van der Waals surface area contributed by atoms with Crippen LogP contribution in [-0.4, -0.2) is 34.2 Å². The summed E-state index contributed by atoms with van der Waals surface area (Å²) in [5, 5.41) is 7.26. The first-order chi connectivity index (χ1) is 13.8. The number of thiocarbonyl (C=S) groups is 1. The second kappa shape index (κ2) is 8.80.